The summed E-state index contributed by atoms with van der Waals surface area (Å²) >= 11 is 0. The first kappa shape index (κ1) is 13.2. The Balaban J connectivity index is 2.16. The fourth-order valence-electron chi connectivity index (χ4n) is 1.96. The maximum Gasteiger partial charge on any atom is 0.269 e. The Morgan fingerprint density at radius 2 is 1.84 bits per heavy atom. The fraction of sp³-hybridized carbons (Fsp3) is 0.200. The molecule has 19 heavy (non-hydrogen) atoms. The van der Waals surface area contributed by atoms with E-state index in [2.05, 4.69) is 6.07 Å². The van der Waals surface area contributed by atoms with Crippen LogP contribution in [-0.4, -0.2) is 4.92 Å². The van der Waals surface area contributed by atoms with Gasteiger partial charge in [0, 0.05) is 18.2 Å². The van der Waals surface area contributed by atoms with Crippen molar-refractivity contribution in [2.75, 3.05) is 0 Å². The number of nitro groups is 1. The summed E-state index contributed by atoms with van der Waals surface area (Å²) in [5.41, 5.74) is 9.27. The second-order valence-electron chi connectivity index (χ2n) is 4.63. The van der Waals surface area contributed by atoms with Crippen LogP contribution in [0.2, 0.25) is 0 Å². The van der Waals surface area contributed by atoms with E-state index in [0.29, 0.717) is 0 Å². The van der Waals surface area contributed by atoms with Gasteiger partial charge in [0.15, 0.2) is 0 Å². The van der Waals surface area contributed by atoms with E-state index in [1.54, 1.807) is 12.1 Å². The van der Waals surface area contributed by atoms with E-state index in [4.69, 9.17) is 5.73 Å². The topological polar surface area (TPSA) is 69.2 Å². The Hall–Kier alpha value is -2.20. The normalized spacial score (nSPS) is 12.1. The third-order valence-electron chi connectivity index (χ3n) is 3.03. The Bertz CT molecular complexity index is 577. The van der Waals surface area contributed by atoms with E-state index in [1.807, 2.05) is 25.1 Å². The van der Waals surface area contributed by atoms with Crippen molar-refractivity contribution in [2.45, 2.75) is 19.4 Å². The average Bonchev–Trinajstić information content (AvgIpc) is 2.39. The van der Waals surface area contributed by atoms with Crippen LogP contribution in [0, 0.1) is 10.1 Å². The number of nitrogens with zero attached hydrogens (tertiary/aromatic N) is 1. The zero-order valence-corrected chi connectivity index (χ0v) is 10.7. The number of nitrogens with two attached hydrogens (primary N) is 1. The summed E-state index contributed by atoms with van der Waals surface area (Å²) in [5, 5.41) is 10.6. The summed E-state index contributed by atoms with van der Waals surface area (Å²) in [5.74, 6) is 0. The molecule has 0 spiro atoms. The van der Waals surface area contributed by atoms with Crippen molar-refractivity contribution >= 4 is 5.69 Å². The van der Waals surface area contributed by atoms with Gasteiger partial charge in [0.2, 0.25) is 0 Å². The third kappa shape index (κ3) is 3.39. The van der Waals surface area contributed by atoms with Gasteiger partial charge in [0.1, 0.15) is 0 Å². The molecular weight excluding hydrogens is 240 g/mol. The van der Waals surface area contributed by atoms with Gasteiger partial charge in [-0.2, -0.15) is 0 Å². The van der Waals surface area contributed by atoms with Crippen LogP contribution in [0.4, 0.5) is 5.69 Å². The minimum atomic E-state index is -0.388. The lowest BCUT2D eigenvalue weighted by Gasteiger charge is -2.08. The molecule has 2 aromatic carbocycles. The largest absolute Gasteiger partial charge is 0.324 e. The molecule has 0 aliphatic carbocycles. The van der Waals surface area contributed by atoms with Gasteiger partial charge in [0.05, 0.1) is 4.92 Å². The van der Waals surface area contributed by atoms with Gasteiger partial charge in [-0.25, -0.2) is 0 Å². The molecule has 0 unspecified atom stereocenters. The minimum Gasteiger partial charge on any atom is -0.324 e. The summed E-state index contributed by atoms with van der Waals surface area (Å²) in [4.78, 5) is 10.2. The summed E-state index contributed by atoms with van der Waals surface area (Å²) < 4.78 is 0. The Kier molecular flexibility index (Phi) is 3.92. The van der Waals surface area contributed by atoms with Crippen LogP contribution in [0.15, 0.2) is 48.5 Å². The number of rotatable bonds is 4. The molecule has 2 aromatic rings. The molecule has 0 heterocycles. The maximum atomic E-state index is 10.6. The SMILES string of the molecule is C[C@@H](N)c1cccc(Cc2ccc([N+](=O)[O-])cc2)c1. The second-order valence-corrected chi connectivity index (χ2v) is 4.63. The van der Waals surface area contributed by atoms with E-state index in [1.165, 1.54) is 12.1 Å². The lowest BCUT2D eigenvalue weighted by molar-refractivity contribution is -0.384. The van der Waals surface area contributed by atoms with Crippen LogP contribution in [0.1, 0.15) is 29.7 Å². The van der Waals surface area contributed by atoms with Gasteiger partial charge in [-0.15, -0.1) is 0 Å². The number of non-ortho nitro benzene ring substituents is 1. The molecule has 0 aliphatic rings. The van der Waals surface area contributed by atoms with Crippen LogP contribution < -0.4 is 5.73 Å². The first-order chi connectivity index (χ1) is 9.06. The van der Waals surface area contributed by atoms with E-state index < -0.39 is 0 Å². The molecule has 0 radical (unpaired) electrons. The zero-order chi connectivity index (χ0) is 13.8. The third-order valence-corrected chi connectivity index (χ3v) is 3.03. The number of hydrogen-bond donors (Lipinski definition) is 1. The summed E-state index contributed by atoms with van der Waals surface area (Å²) in [7, 11) is 0. The van der Waals surface area contributed by atoms with Crippen molar-refractivity contribution < 1.29 is 4.92 Å². The van der Waals surface area contributed by atoms with E-state index in [9.17, 15) is 10.1 Å². The van der Waals surface area contributed by atoms with Crippen molar-refractivity contribution in [3.05, 3.63) is 75.3 Å². The Morgan fingerprint density at radius 1 is 1.16 bits per heavy atom. The molecule has 0 saturated carbocycles. The summed E-state index contributed by atoms with van der Waals surface area (Å²) in [6.07, 6.45) is 0.749. The lowest BCUT2D eigenvalue weighted by atomic mass is 10.0. The molecule has 0 saturated heterocycles. The second kappa shape index (κ2) is 5.63. The highest BCUT2D eigenvalue weighted by molar-refractivity contribution is 5.36. The predicted molar refractivity (Wildman–Crippen MR) is 74.9 cm³/mol. The van der Waals surface area contributed by atoms with Crippen LogP contribution in [0.5, 0.6) is 0 Å². The Labute approximate surface area is 112 Å². The van der Waals surface area contributed by atoms with Gasteiger partial charge in [-0.05, 0) is 30.0 Å². The van der Waals surface area contributed by atoms with Gasteiger partial charge < -0.3 is 5.73 Å². The molecule has 0 aliphatic heterocycles. The van der Waals surface area contributed by atoms with Crippen molar-refractivity contribution in [1.29, 1.82) is 0 Å². The van der Waals surface area contributed by atoms with Crippen molar-refractivity contribution in [1.82, 2.24) is 0 Å². The minimum absolute atomic E-state index is 0.0109. The molecule has 2 rings (SSSR count). The van der Waals surface area contributed by atoms with Gasteiger partial charge >= 0.3 is 0 Å². The summed E-state index contributed by atoms with van der Waals surface area (Å²) in [6, 6.07) is 14.8. The smallest absolute Gasteiger partial charge is 0.269 e. The monoisotopic (exact) mass is 256 g/mol. The average molecular weight is 256 g/mol. The summed E-state index contributed by atoms with van der Waals surface area (Å²) in [6.45, 7) is 1.95. The fourth-order valence-corrected chi connectivity index (χ4v) is 1.96. The quantitative estimate of drug-likeness (QED) is 0.674. The maximum absolute atomic E-state index is 10.6. The molecule has 0 fully saturated rings. The molecule has 0 bridgehead atoms. The predicted octanol–water partition coefficient (Wildman–Crippen LogP) is 3.21. The van der Waals surface area contributed by atoms with Gasteiger partial charge in [0.25, 0.3) is 5.69 Å². The number of hydrogen-bond acceptors (Lipinski definition) is 3. The Morgan fingerprint density at radius 3 is 2.42 bits per heavy atom. The molecule has 1 atom stereocenters. The molecule has 98 valence electrons. The highest BCUT2D eigenvalue weighted by atomic mass is 16.6. The molecular formula is C15H16N2O2. The van der Waals surface area contributed by atoms with Gasteiger partial charge in [-0.3, -0.25) is 10.1 Å². The van der Waals surface area contributed by atoms with E-state index in [0.717, 1.165) is 23.1 Å². The van der Waals surface area contributed by atoms with Crippen LogP contribution in [-0.2, 0) is 6.42 Å². The molecule has 4 nitrogen and oxygen atoms in total. The van der Waals surface area contributed by atoms with Crippen molar-refractivity contribution in [2.24, 2.45) is 5.73 Å². The van der Waals surface area contributed by atoms with Crippen molar-refractivity contribution in [3.63, 3.8) is 0 Å². The van der Waals surface area contributed by atoms with Gasteiger partial charge in [-0.1, -0.05) is 36.4 Å². The highest BCUT2D eigenvalue weighted by Gasteiger charge is 2.05. The first-order valence-electron chi connectivity index (χ1n) is 6.14. The first-order valence-corrected chi connectivity index (χ1v) is 6.14. The highest BCUT2D eigenvalue weighted by Crippen LogP contribution is 2.17. The molecule has 0 aromatic heterocycles. The molecule has 2 N–H and O–H groups in total. The zero-order valence-electron chi connectivity index (χ0n) is 10.7. The number of benzene rings is 2. The lowest BCUT2D eigenvalue weighted by Crippen LogP contribution is -2.05. The molecule has 4 heteroatoms. The standard InChI is InChI=1S/C15H16N2O2/c1-11(16)14-4-2-3-13(10-14)9-12-5-7-15(8-6-12)17(18)19/h2-8,10-11H,9,16H2,1H3/t11-/m1/s1. The van der Waals surface area contributed by atoms with Crippen LogP contribution >= 0.6 is 0 Å². The van der Waals surface area contributed by atoms with Crippen molar-refractivity contribution in [3.8, 4) is 0 Å². The van der Waals surface area contributed by atoms with Crippen LogP contribution in [0.3, 0.4) is 0 Å². The number of nitro benzene ring substituents is 1. The van der Waals surface area contributed by atoms with E-state index in [-0.39, 0.29) is 16.7 Å². The van der Waals surface area contributed by atoms with Crippen LogP contribution in [0.25, 0.3) is 0 Å². The molecule has 0 amide bonds. The van der Waals surface area contributed by atoms with E-state index >= 15 is 0 Å².